The van der Waals surface area contributed by atoms with Crippen LogP contribution in [0.5, 0.6) is 0 Å². The summed E-state index contributed by atoms with van der Waals surface area (Å²) in [4.78, 5) is 20.7. The summed E-state index contributed by atoms with van der Waals surface area (Å²) >= 11 is 0. The van der Waals surface area contributed by atoms with Gasteiger partial charge >= 0.3 is 0 Å². The van der Waals surface area contributed by atoms with Gasteiger partial charge < -0.3 is 14.2 Å². The van der Waals surface area contributed by atoms with E-state index in [0.29, 0.717) is 29.5 Å². The van der Waals surface area contributed by atoms with Gasteiger partial charge in [0.15, 0.2) is 11.5 Å². The molecule has 114 valence electrons. The zero-order valence-electron chi connectivity index (χ0n) is 12.8. The molecule has 0 aliphatic carbocycles. The molecule has 0 bridgehead atoms. The van der Waals surface area contributed by atoms with E-state index in [0.717, 1.165) is 11.1 Å². The molecule has 0 aliphatic rings. The van der Waals surface area contributed by atoms with Crippen molar-refractivity contribution >= 4 is 17.0 Å². The van der Waals surface area contributed by atoms with Gasteiger partial charge in [0, 0.05) is 6.42 Å². The Hall–Kier alpha value is -2.63. The third-order valence-corrected chi connectivity index (χ3v) is 3.41. The Labute approximate surface area is 127 Å². The minimum absolute atomic E-state index is 0.203. The topological polar surface area (TPSA) is 81.2 Å². The molecule has 1 amide bonds. The van der Waals surface area contributed by atoms with E-state index in [1.165, 1.54) is 0 Å². The number of rotatable bonds is 4. The van der Waals surface area contributed by atoms with Gasteiger partial charge in [-0.15, -0.1) is 0 Å². The summed E-state index contributed by atoms with van der Waals surface area (Å²) in [6, 6.07) is 5.74. The molecule has 0 saturated heterocycles. The van der Waals surface area contributed by atoms with Gasteiger partial charge in [-0.05, 0) is 25.5 Å². The molecule has 0 fully saturated rings. The van der Waals surface area contributed by atoms with E-state index >= 15 is 0 Å². The SMILES string of the molecule is CCc1nc(C)c(C(=O)NCc2nc3c(C)cccc3o2)o1. The number of nitrogens with zero attached hydrogens (tertiary/aromatic N) is 2. The Balaban J connectivity index is 1.74. The van der Waals surface area contributed by atoms with Gasteiger partial charge in [-0.25, -0.2) is 9.97 Å². The summed E-state index contributed by atoms with van der Waals surface area (Å²) < 4.78 is 11.0. The Kier molecular flexibility index (Phi) is 3.66. The number of oxazole rings is 2. The maximum Gasteiger partial charge on any atom is 0.289 e. The fourth-order valence-corrected chi connectivity index (χ4v) is 2.26. The number of nitrogens with one attached hydrogen (secondary N) is 1. The molecule has 0 unspecified atom stereocenters. The molecule has 0 saturated carbocycles. The summed E-state index contributed by atoms with van der Waals surface area (Å²) in [6.07, 6.45) is 0.651. The van der Waals surface area contributed by atoms with E-state index in [2.05, 4.69) is 15.3 Å². The van der Waals surface area contributed by atoms with Crippen LogP contribution in [-0.2, 0) is 13.0 Å². The molecule has 0 spiro atoms. The molecule has 22 heavy (non-hydrogen) atoms. The highest BCUT2D eigenvalue weighted by atomic mass is 16.4. The molecule has 6 heteroatoms. The van der Waals surface area contributed by atoms with Crippen molar-refractivity contribution < 1.29 is 13.6 Å². The van der Waals surface area contributed by atoms with E-state index in [9.17, 15) is 4.79 Å². The van der Waals surface area contributed by atoms with Crippen LogP contribution in [0.3, 0.4) is 0 Å². The lowest BCUT2D eigenvalue weighted by atomic mass is 10.2. The average Bonchev–Trinajstić information content (AvgIpc) is 3.09. The van der Waals surface area contributed by atoms with Crippen molar-refractivity contribution in [3.63, 3.8) is 0 Å². The molecule has 6 nitrogen and oxygen atoms in total. The Morgan fingerprint density at radius 2 is 2.00 bits per heavy atom. The monoisotopic (exact) mass is 299 g/mol. The van der Waals surface area contributed by atoms with Crippen LogP contribution in [0.25, 0.3) is 11.1 Å². The summed E-state index contributed by atoms with van der Waals surface area (Å²) in [5.74, 6) is 0.943. The molecule has 1 N–H and O–H groups in total. The second-order valence-electron chi connectivity index (χ2n) is 5.09. The Morgan fingerprint density at radius 3 is 2.68 bits per heavy atom. The van der Waals surface area contributed by atoms with Gasteiger partial charge in [0.2, 0.25) is 11.7 Å². The first-order valence-corrected chi connectivity index (χ1v) is 7.18. The van der Waals surface area contributed by atoms with E-state index in [-0.39, 0.29) is 18.2 Å². The van der Waals surface area contributed by atoms with Crippen LogP contribution in [0, 0.1) is 13.8 Å². The zero-order chi connectivity index (χ0) is 15.7. The molecular weight excluding hydrogens is 282 g/mol. The highest BCUT2D eigenvalue weighted by Crippen LogP contribution is 2.19. The number of carbonyl (C=O) groups excluding carboxylic acids is 1. The largest absolute Gasteiger partial charge is 0.439 e. The molecule has 0 aliphatic heterocycles. The lowest BCUT2D eigenvalue weighted by Gasteiger charge is -1.99. The summed E-state index contributed by atoms with van der Waals surface area (Å²) in [5.41, 5.74) is 3.16. The van der Waals surface area contributed by atoms with Crippen LogP contribution in [0.2, 0.25) is 0 Å². The smallest absolute Gasteiger partial charge is 0.289 e. The lowest BCUT2D eigenvalue weighted by Crippen LogP contribution is -2.23. The molecule has 2 aromatic heterocycles. The first kappa shape index (κ1) is 14.3. The van der Waals surface area contributed by atoms with Crippen molar-refractivity contribution in [3.05, 3.63) is 47.0 Å². The fourth-order valence-electron chi connectivity index (χ4n) is 2.26. The summed E-state index contributed by atoms with van der Waals surface area (Å²) in [7, 11) is 0. The van der Waals surface area contributed by atoms with Gasteiger partial charge in [-0.2, -0.15) is 0 Å². The Morgan fingerprint density at radius 1 is 1.18 bits per heavy atom. The number of aryl methyl sites for hydroxylation is 3. The lowest BCUT2D eigenvalue weighted by molar-refractivity contribution is 0.0917. The number of amides is 1. The third kappa shape index (κ3) is 2.59. The standard InChI is InChI=1S/C16H17N3O3/c1-4-12-18-10(3)15(22-12)16(20)17-8-13-19-14-9(2)6-5-7-11(14)21-13/h5-7H,4,8H2,1-3H3,(H,17,20). The highest BCUT2D eigenvalue weighted by Gasteiger charge is 2.17. The predicted octanol–water partition coefficient (Wildman–Crippen LogP) is 2.93. The number of hydrogen-bond donors (Lipinski definition) is 1. The second-order valence-corrected chi connectivity index (χ2v) is 5.09. The predicted molar refractivity (Wildman–Crippen MR) is 80.5 cm³/mol. The van der Waals surface area contributed by atoms with Crippen LogP contribution in [-0.4, -0.2) is 15.9 Å². The van der Waals surface area contributed by atoms with Crippen LogP contribution >= 0.6 is 0 Å². The van der Waals surface area contributed by atoms with Crippen molar-refractivity contribution in [1.82, 2.24) is 15.3 Å². The number of aromatic nitrogens is 2. The van der Waals surface area contributed by atoms with E-state index in [4.69, 9.17) is 8.83 Å². The van der Waals surface area contributed by atoms with E-state index < -0.39 is 0 Å². The van der Waals surface area contributed by atoms with Crippen LogP contribution in [0.4, 0.5) is 0 Å². The van der Waals surface area contributed by atoms with Gasteiger partial charge in [-0.1, -0.05) is 19.1 Å². The molecule has 3 rings (SSSR count). The molecule has 0 radical (unpaired) electrons. The number of fused-ring (bicyclic) bond motifs is 1. The fraction of sp³-hybridized carbons (Fsp3) is 0.312. The number of benzene rings is 1. The van der Waals surface area contributed by atoms with Crippen LogP contribution in [0.1, 0.15) is 40.5 Å². The molecule has 3 aromatic rings. The minimum atomic E-state index is -0.316. The minimum Gasteiger partial charge on any atom is -0.439 e. The first-order valence-electron chi connectivity index (χ1n) is 7.18. The number of hydrogen-bond acceptors (Lipinski definition) is 5. The Bertz CT molecular complexity index is 832. The molecule has 2 heterocycles. The van der Waals surface area contributed by atoms with Gasteiger partial charge in [0.25, 0.3) is 5.91 Å². The van der Waals surface area contributed by atoms with Gasteiger partial charge in [-0.3, -0.25) is 4.79 Å². The van der Waals surface area contributed by atoms with Crippen molar-refractivity contribution in [3.8, 4) is 0 Å². The molecular formula is C16H17N3O3. The third-order valence-electron chi connectivity index (χ3n) is 3.41. The van der Waals surface area contributed by atoms with Crippen molar-refractivity contribution in [2.45, 2.75) is 33.7 Å². The van der Waals surface area contributed by atoms with E-state index in [1.807, 2.05) is 32.0 Å². The average molecular weight is 299 g/mol. The normalized spacial score (nSPS) is 11.0. The van der Waals surface area contributed by atoms with Crippen molar-refractivity contribution in [1.29, 1.82) is 0 Å². The van der Waals surface area contributed by atoms with Crippen molar-refractivity contribution in [2.75, 3.05) is 0 Å². The summed E-state index contributed by atoms with van der Waals surface area (Å²) in [5, 5.41) is 2.74. The summed E-state index contributed by atoms with van der Waals surface area (Å²) in [6.45, 7) is 5.85. The van der Waals surface area contributed by atoms with Crippen molar-refractivity contribution in [2.24, 2.45) is 0 Å². The maximum absolute atomic E-state index is 12.1. The van der Waals surface area contributed by atoms with Crippen LogP contribution in [0.15, 0.2) is 27.0 Å². The number of carbonyl (C=O) groups is 1. The first-order chi connectivity index (χ1) is 10.6. The second kappa shape index (κ2) is 5.63. The zero-order valence-corrected chi connectivity index (χ0v) is 12.8. The maximum atomic E-state index is 12.1. The van der Waals surface area contributed by atoms with Crippen LogP contribution < -0.4 is 5.32 Å². The molecule has 0 atom stereocenters. The van der Waals surface area contributed by atoms with Gasteiger partial charge in [0.1, 0.15) is 5.52 Å². The molecule has 1 aromatic carbocycles. The quantitative estimate of drug-likeness (QED) is 0.801. The number of para-hydroxylation sites is 1. The van der Waals surface area contributed by atoms with Gasteiger partial charge in [0.05, 0.1) is 12.2 Å². The van der Waals surface area contributed by atoms with E-state index in [1.54, 1.807) is 6.92 Å². The highest BCUT2D eigenvalue weighted by molar-refractivity contribution is 5.92.